The first kappa shape index (κ1) is 14.1. The van der Waals surface area contributed by atoms with E-state index in [4.69, 9.17) is 4.74 Å². The molecule has 1 aromatic heterocycles. The Morgan fingerprint density at radius 2 is 2.05 bits per heavy atom. The van der Waals surface area contributed by atoms with Crippen LogP contribution in [0.2, 0.25) is 0 Å². The van der Waals surface area contributed by atoms with Crippen molar-refractivity contribution in [2.45, 2.75) is 27.4 Å². The first-order valence-corrected chi connectivity index (χ1v) is 7.40. The van der Waals surface area contributed by atoms with Crippen molar-refractivity contribution in [1.82, 2.24) is 0 Å². The van der Waals surface area contributed by atoms with Gasteiger partial charge < -0.3 is 9.84 Å². The van der Waals surface area contributed by atoms with Gasteiger partial charge in [-0.1, -0.05) is 26.0 Å². The molecule has 0 amide bonds. The fourth-order valence-electron chi connectivity index (χ4n) is 1.86. The average Bonchev–Trinajstić information content (AvgIpc) is 2.82. The van der Waals surface area contributed by atoms with Gasteiger partial charge in [-0.2, -0.15) is 0 Å². The monoisotopic (exact) mass is 276 g/mol. The highest BCUT2D eigenvalue weighted by Crippen LogP contribution is 2.34. The van der Waals surface area contributed by atoms with E-state index in [0.717, 1.165) is 16.9 Å². The van der Waals surface area contributed by atoms with E-state index in [9.17, 15) is 5.11 Å². The molecule has 0 saturated heterocycles. The third-order valence-corrected chi connectivity index (χ3v) is 3.70. The molecule has 0 aliphatic rings. The summed E-state index contributed by atoms with van der Waals surface area (Å²) in [5, 5.41) is 11.4. The summed E-state index contributed by atoms with van der Waals surface area (Å²) < 4.78 is 5.90. The SMILES string of the molecule is Cc1cc(-c2ccc(CO)cc2OCC(C)C)cs1. The summed E-state index contributed by atoms with van der Waals surface area (Å²) >= 11 is 1.74. The maximum atomic E-state index is 9.25. The summed E-state index contributed by atoms with van der Waals surface area (Å²) in [6, 6.07) is 8.08. The summed E-state index contributed by atoms with van der Waals surface area (Å²) in [6.45, 7) is 7.09. The lowest BCUT2D eigenvalue weighted by Gasteiger charge is -2.13. The molecule has 0 fully saturated rings. The molecule has 2 rings (SSSR count). The van der Waals surface area contributed by atoms with E-state index in [1.165, 1.54) is 10.4 Å². The lowest BCUT2D eigenvalue weighted by molar-refractivity contribution is 0.266. The number of hydrogen-bond acceptors (Lipinski definition) is 3. The van der Waals surface area contributed by atoms with Crippen LogP contribution in [0.1, 0.15) is 24.3 Å². The van der Waals surface area contributed by atoms with Crippen LogP contribution in [0.15, 0.2) is 29.6 Å². The van der Waals surface area contributed by atoms with Crippen molar-refractivity contribution in [1.29, 1.82) is 0 Å². The van der Waals surface area contributed by atoms with Crippen LogP contribution in [0.4, 0.5) is 0 Å². The van der Waals surface area contributed by atoms with Crippen LogP contribution in [-0.2, 0) is 6.61 Å². The van der Waals surface area contributed by atoms with Crippen molar-refractivity contribution >= 4 is 11.3 Å². The number of aliphatic hydroxyl groups is 1. The van der Waals surface area contributed by atoms with Gasteiger partial charge in [-0.3, -0.25) is 0 Å². The minimum absolute atomic E-state index is 0.0426. The smallest absolute Gasteiger partial charge is 0.127 e. The van der Waals surface area contributed by atoms with Crippen molar-refractivity contribution in [3.05, 3.63) is 40.1 Å². The van der Waals surface area contributed by atoms with Gasteiger partial charge in [0, 0.05) is 10.4 Å². The van der Waals surface area contributed by atoms with Crippen molar-refractivity contribution in [2.75, 3.05) is 6.61 Å². The molecule has 102 valence electrons. The largest absolute Gasteiger partial charge is 0.493 e. The quantitative estimate of drug-likeness (QED) is 0.884. The Bertz CT molecular complexity index is 543. The number of benzene rings is 1. The molecular formula is C16H20O2S. The van der Waals surface area contributed by atoms with E-state index in [1.807, 2.05) is 18.2 Å². The van der Waals surface area contributed by atoms with Crippen molar-refractivity contribution < 1.29 is 9.84 Å². The van der Waals surface area contributed by atoms with Crippen LogP contribution in [-0.4, -0.2) is 11.7 Å². The van der Waals surface area contributed by atoms with Gasteiger partial charge in [-0.25, -0.2) is 0 Å². The Labute approximate surface area is 118 Å². The average molecular weight is 276 g/mol. The zero-order chi connectivity index (χ0) is 13.8. The molecule has 0 unspecified atom stereocenters. The van der Waals surface area contributed by atoms with Gasteiger partial charge in [0.1, 0.15) is 5.75 Å². The molecule has 1 heterocycles. The molecule has 0 aliphatic carbocycles. The molecular weight excluding hydrogens is 256 g/mol. The number of ether oxygens (including phenoxy) is 1. The maximum absolute atomic E-state index is 9.25. The second-order valence-electron chi connectivity index (χ2n) is 5.14. The fraction of sp³-hybridized carbons (Fsp3) is 0.375. The normalized spacial score (nSPS) is 11.0. The second-order valence-corrected chi connectivity index (χ2v) is 6.25. The molecule has 0 radical (unpaired) electrons. The summed E-state index contributed by atoms with van der Waals surface area (Å²) in [5.74, 6) is 1.34. The minimum atomic E-state index is 0.0426. The molecule has 2 nitrogen and oxygen atoms in total. The highest BCUT2D eigenvalue weighted by molar-refractivity contribution is 7.10. The number of thiophene rings is 1. The second kappa shape index (κ2) is 6.22. The van der Waals surface area contributed by atoms with Gasteiger partial charge in [-0.05, 0) is 41.5 Å². The van der Waals surface area contributed by atoms with Crippen molar-refractivity contribution in [2.24, 2.45) is 5.92 Å². The summed E-state index contributed by atoms with van der Waals surface area (Å²) in [6.07, 6.45) is 0. The van der Waals surface area contributed by atoms with Crippen molar-refractivity contribution in [3.8, 4) is 16.9 Å². The predicted molar refractivity (Wildman–Crippen MR) is 80.7 cm³/mol. The lowest BCUT2D eigenvalue weighted by atomic mass is 10.0. The minimum Gasteiger partial charge on any atom is -0.493 e. The zero-order valence-electron chi connectivity index (χ0n) is 11.6. The van der Waals surface area contributed by atoms with E-state index < -0.39 is 0 Å². The Balaban J connectivity index is 2.35. The highest BCUT2D eigenvalue weighted by Gasteiger charge is 2.10. The summed E-state index contributed by atoms with van der Waals surface area (Å²) in [4.78, 5) is 1.29. The highest BCUT2D eigenvalue weighted by atomic mass is 32.1. The standard InChI is InChI=1S/C16H20O2S/c1-11(2)9-18-16-7-13(8-17)4-5-15(16)14-6-12(3)19-10-14/h4-7,10-11,17H,8-9H2,1-3H3. The van der Waals surface area contributed by atoms with E-state index >= 15 is 0 Å². The predicted octanol–water partition coefficient (Wildman–Crippen LogP) is 4.25. The molecule has 3 heteroatoms. The molecule has 0 atom stereocenters. The third-order valence-electron chi connectivity index (χ3n) is 2.84. The van der Waals surface area contributed by atoms with Crippen LogP contribution < -0.4 is 4.74 Å². The topological polar surface area (TPSA) is 29.5 Å². The van der Waals surface area contributed by atoms with Crippen LogP contribution >= 0.6 is 11.3 Å². The van der Waals surface area contributed by atoms with Crippen LogP contribution in [0.25, 0.3) is 11.1 Å². The molecule has 2 aromatic rings. The van der Waals surface area contributed by atoms with E-state index in [1.54, 1.807) is 11.3 Å². The van der Waals surface area contributed by atoms with E-state index in [2.05, 4.69) is 32.2 Å². The summed E-state index contributed by atoms with van der Waals surface area (Å²) in [7, 11) is 0. The van der Waals surface area contributed by atoms with Gasteiger partial charge in [0.15, 0.2) is 0 Å². The van der Waals surface area contributed by atoms with Gasteiger partial charge in [0.05, 0.1) is 13.2 Å². The molecule has 1 N–H and O–H groups in total. The number of aryl methyl sites for hydroxylation is 1. The number of rotatable bonds is 5. The molecule has 19 heavy (non-hydrogen) atoms. The number of hydrogen-bond donors (Lipinski definition) is 1. The van der Waals surface area contributed by atoms with Crippen molar-refractivity contribution in [3.63, 3.8) is 0 Å². The van der Waals surface area contributed by atoms with E-state index in [0.29, 0.717) is 12.5 Å². The Kier molecular flexibility index (Phi) is 4.61. The van der Waals surface area contributed by atoms with Gasteiger partial charge in [-0.15, -0.1) is 11.3 Å². The first-order chi connectivity index (χ1) is 9.10. The molecule has 0 saturated carbocycles. The molecule has 0 bridgehead atoms. The maximum Gasteiger partial charge on any atom is 0.127 e. The number of aliphatic hydroxyl groups excluding tert-OH is 1. The van der Waals surface area contributed by atoms with Crippen LogP contribution in [0, 0.1) is 12.8 Å². The Morgan fingerprint density at radius 3 is 2.63 bits per heavy atom. The van der Waals surface area contributed by atoms with Crippen LogP contribution in [0.3, 0.4) is 0 Å². The Hall–Kier alpha value is -1.32. The fourth-order valence-corrected chi connectivity index (χ4v) is 2.57. The van der Waals surface area contributed by atoms with E-state index in [-0.39, 0.29) is 6.61 Å². The summed E-state index contributed by atoms with van der Waals surface area (Å²) in [5.41, 5.74) is 3.17. The first-order valence-electron chi connectivity index (χ1n) is 6.52. The molecule has 1 aromatic carbocycles. The third kappa shape index (κ3) is 3.58. The molecule has 0 spiro atoms. The Morgan fingerprint density at radius 1 is 1.26 bits per heavy atom. The lowest BCUT2D eigenvalue weighted by Crippen LogP contribution is -2.05. The zero-order valence-corrected chi connectivity index (χ0v) is 12.5. The van der Waals surface area contributed by atoms with Gasteiger partial charge >= 0.3 is 0 Å². The van der Waals surface area contributed by atoms with Gasteiger partial charge in [0.25, 0.3) is 0 Å². The van der Waals surface area contributed by atoms with Crippen LogP contribution in [0.5, 0.6) is 5.75 Å². The van der Waals surface area contributed by atoms with Gasteiger partial charge in [0.2, 0.25) is 0 Å². The molecule has 0 aliphatic heterocycles.